The molecule has 2 atom stereocenters. The molecule has 36 heavy (non-hydrogen) atoms. The fourth-order valence-corrected chi connectivity index (χ4v) is 5.35. The van der Waals surface area contributed by atoms with E-state index >= 15 is 0 Å². The van der Waals surface area contributed by atoms with Crippen LogP contribution in [-0.2, 0) is 6.54 Å². The maximum Gasteiger partial charge on any atom is 0.185 e. The van der Waals surface area contributed by atoms with Crippen LogP contribution in [0.5, 0.6) is 0 Å². The van der Waals surface area contributed by atoms with Gasteiger partial charge < -0.3 is 14.8 Å². The average molecular weight is 489 g/mol. The van der Waals surface area contributed by atoms with Crippen LogP contribution in [0.4, 0.5) is 14.5 Å². The molecule has 0 spiro atoms. The topological polar surface area (TPSA) is 50.9 Å². The van der Waals surface area contributed by atoms with Crippen molar-refractivity contribution >= 4 is 5.69 Å². The van der Waals surface area contributed by atoms with Crippen LogP contribution in [0.2, 0.25) is 0 Å². The Kier molecular flexibility index (Phi) is 5.84. The zero-order chi connectivity index (χ0) is 24.8. The Balaban J connectivity index is 1.31. The highest BCUT2D eigenvalue weighted by Crippen LogP contribution is 2.36. The van der Waals surface area contributed by atoms with Crippen molar-refractivity contribution in [2.24, 2.45) is 5.92 Å². The Morgan fingerprint density at radius 1 is 1.14 bits per heavy atom. The summed E-state index contributed by atoms with van der Waals surface area (Å²) in [5, 5.41) is 12.2. The number of nitrogens with zero attached hydrogens (tertiary/aromatic N) is 5. The first-order valence-electron chi connectivity index (χ1n) is 12.7. The van der Waals surface area contributed by atoms with E-state index in [1.165, 1.54) is 24.2 Å². The number of halogens is 2. The number of nitrogens with one attached hydrogen (secondary N) is 1. The zero-order valence-electron chi connectivity index (χ0n) is 20.6. The standard InChI is InChI=1S/C28H30F2N6/c1-3-18(2)31-13-19-8-9-34(14-19)23-5-7-26-21(10-23)16-35-15-20(24-6-4-22(29)12-25(24)30)11-27(35)28-33-32-17-36(26)28/h4-7,10-12,15,17-19,31H,3,8-9,13-14,16H2,1-2H3/t18-,19-/m1/s1. The van der Waals surface area contributed by atoms with Crippen molar-refractivity contribution in [2.75, 3.05) is 24.5 Å². The number of hydrogen-bond donors (Lipinski definition) is 1. The molecule has 6 nitrogen and oxygen atoms in total. The Labute approximate surface area is 209 Å². The van der Waals surface area contributed by atoms with E-state index in [-0.39, 0.29) is 0 Å². The van der Waals surface area contributed by atoms with E-state index in [2.05, 4.69) is 57.0 Å². The van der Waals surface area contributed by atoms with Crippen molar-refractivity contribution in [1.29, 1.82) is 0 Å². The fourth-order valence-electron chi connectivity index (χ4n) is 5.35. The van der Waals surface area contributed by atoms with E-state index in [1.54, 1.807) is 6.33 Å². The highest BCUT2D eigenvalue weighted by atomic mass is 19.1. The Bertz CT molecular complexity index is 1410. The third-order valence-corrected chi connectivity index (χ3v) is 7.60. The van der Waals surface area contributed by atoms with E-state index in [4.69, 9.17) is 0 Å². The van der Waals surface area contributed by atoms with Crippen LogP contribution in [0, 0.1) is 17.6 Å². The van der Waals surface area contributed by atoms with Gasteiger partial charge >= 0.3 is 0 Å². The van der Waals surface area contributed by atoms with Crippen LogP contribution in [0.25, 0.3) is 28.3 Å². The lowest BCUT2D eigenvalue weighted by atomic mass is 10.1. The largest absolute Gasteiger partial charge is 0.371 e. The minimum absolute atomic E-state index is 0.367. The van der Waals surface area contributed by atoms with Crippen molar-refractivity contribution in [1.82, 2.24) is 24.6 Å². The third-order valence-electron chi connectivity index (χ3n) is 7.60. The third kappa shape index (κ3) is 4.09. The molecule has 6 rings (SSSR count). The van der Waals surface area contributed by atoms with Gasteiger partial charge in [-0.05, 0) is 74.2 Å². The minimum atomic E-state index is -0.585. The summed E-state index contributed by atoms with van der Waals surface area (Å²) in [5.41, 5.74) is 5.32. The van der Waals surface area contributed by atoms with Gasteiger partial charge in [-0.2, -0.15) is 0 Å². The Morgan fingerprint density at radius 2 is 2.03 bits per heavy atom. The van der Waals surface area contributed by atoms with Gasteiger partial charge in [-0.3, -0.25) is 4.57 Å². The minimum Gasteiger partial charge on any atom is -0.371 e. The quantitative estimate of drug-likeness (QED) is 0.354. The van der Waals surface area contributed by atoms with Gasteiger partial charge in [0.15, 0.2) is 5.82 Å². The monoisotopic (exact) mass is 488 g/mol. The van der Waals surface area contributed by atoms with Crippen molar-refractivity contribution < 1.29 is 8.78 Å². The number of hydrogen-bond acceptors (Lipinski definition) is 4. The number of benzene rings is 2. The van der Waals surface area contributed by atoms with Gasteiger partial charge in [-0.25, -0.2) is 8.78 Å². The molecule has 4 aromatic rings. The maximum atomic E-state index is 14.5. The Morgan fingerprint density at radius 3 is 2.86 bits per heavy atom. The van der Waals surface area contributed by atoms with Crippen LogP contribution in [-0.4, -0.2) is 45.0 Å². The maximum absolute atomic E-state index is 14.5. The van der Waals surface area contributed by atoms with E-state index < -0.39 is 11.6 Å². The molecule has 2 aliphatic heterocycles. The molecular formula is C28H30F2N6. The van der Waals surface area contributed by atoms with Crippen molar-refractivity contribution in [3.8, 4) is 28.3 Å². The van der Waals surface area contributed by atoms with Gasteiger partial charge in [0.05, 0.1) is 11.4 Å². The molecule has 2 aromatic carbocycles. The second-order valence-corrected chi connectivity index (χ2v) is 10.0. The van der Waals surface area contributed by atoms with Crippen LogP contribution in [0.3, 0.4) is 0 Å². The predicted molar refractivity (Wildman–Crippen MR) is 137 cm³/mol. The van der Waals surface area contributed by atoms with Gasteiger partial charge in [-0.1, -0.05) is 6.92 Å². The van der Waals surface area contributed by atoms with E-state index in [0.717, 1.165) is 49.1 Å². The molecule has 8 heteroatoms. The lowest BCUT2D eigenvalue weighted by molar-refractivity contribution is 0.456. The second-order valence-electron chi connectivity index (χ2n) is 10.0. The van der Waals surface area contributed by atoms with Crippen LogP contribution in [0.1, 0.15) is 32.3 Å². The van der Waals surface area contributed by atoms with Gasteiger partial charge in [0, 0.05) is 54.8 Å². The zero-order valence-corrected chi connectivity index (χ0v) is 20.6. The highest BCUT2D eigenvalue weighted by molar-refractivity contribution is 5.72. The molecule has 0 unspecified atom stereocenters. The molecule has 0 aliphatic carbocycles. The molecule has 1 fully saturated rings. The van der Waals surface area contributed by atoms with Crippen LogP contribution in [0.15, 0.2) is 55.0 Å². The first kappa shape index (κ1) is 22.9. The lowest BCUT2D eigenvalue weighted by Gasteiger charge is -2.21. The van der Waals surface area contributed by atoms with Gasteiger partial charge in [0.2, 0.25) is 0 Å². The van der Waals surface area contributed by atoms with Gasteiger partial charge in [-0.15, -0.1) is 10.2 Å². The fraction of sp³-hybridized carbons (Fsp3) is 0.357. The summed E-state index contributed by atoms with van der Waals surface area (Å²) >= 11 is 0. The molecule has 2 aromatic heterocycles. The summed E-state index contributed by atoms with van der Waals surface area (Å²) in [6.45, 7) is 8.22. The summed E-state index contributed by atoms with van der Waals surface area (Å²) in [4.78, 5) is 2.47. The first-order valence-corrected chi connectivity index (χ1v) is 12.7. The van der Waals surface area contributed by atoms with Crippen molar-refractivity contribution in [2.45, 2.75) is 39.3 Å². The second kappa shape index (κ2) is 9.17. The van der Waals surface area contributed by atoms with Gasteiger partial charge in [0.1, 0.15) is 18.0 Å². The molecule has 4 heterocycles. The SMILES string of the molecule is CC[C@@H](C)NC[C@H]1CCN(c2ccc3c(c2)Cn2cc(-c4ccc(F)cc4F)cc2-c2nncn2-3)C1. The highest BCUT2D eigenvalue weighted by Gasteiger charge is 2.26. The number of rotatable bonds is 6. The number of aromatic nitrogens is 4. The lowest BCUT2D eigenvalue weighted by Crippen LogP contribution is -2.32. The summed E-state index contributed by atoms with van der Waals surface area (Å²) in [7, 11) is 0. The molecule has 1 saturated heterocycles. The van der Waals surface area contributed by atoms with Crippen LogP contribution < -0.4 is 10.2 Å². The summed E-state index contributed by atoms with van der Waals surface area (Å²) in [6.07, 6.45) is 5.97. The van der Waals surface area contributed by atoms with Gasteiger partial charge in [0.25, 0.3) is 0 Å². The Hall–Kier alpha value is -3.52. The first-order chi connectivity index (χ1) is 17.5. The molecule has 1 N–H and O–H groups in total. The van der Waals surface area contributed by atoms with E-state index in [9.17, 15) is 8.78 Å². The van der Waals surface area contributed by atoms with E-state index in [0.29, 0.717) is 35.5 Å². The van der Waals surface area contributed by atoms with Crippen molar-refractivity contribution in [3.63, 3.8) is 0 Å². The smallest absolute Gasteiger partial charge is 0.185 e. The summed E-state index contributed by atoms with van der Waals surface area (Å²) in [5.74, 6) is 0.184. The number of anilines is 1. The molecule has 2 aliphatic rings. The predicted octanol–water partition coefficient (Wildman–Crippen LogP) is 5.26. The normalized spacial score (nSPS) is 17.4. The molecule has 0 amide bonds. The van der Waals surface area contributed by atoms with Crippen molar-refractivity contribution in [3.05, 3.63) is 72.2 Å². The molecule has 186 valence electrons. The number of fused-ring (bicyclic) bond motifs is 5. The average Bonchev–Trinajstić information content (AvgIpc) is 3.61. The summed E-state index contributed by atoms with van der Waals surface area (Å²) < 4.78 is 32.1. The molecule has 0 saturated carbocycles. The molecular weight excluding hydrogens is 458 g/mol. The molecule has 0 radical (unpaired) electrons. The summed E-state index contributed by atoms with van der Waals surface area (Å²) in [6, 6.07) is 12.7. The molecule has 0 bridgehead atoms. The van der Waals surface area contributed by atoms with Crippen LogP contribution >= 0.6 is 0 Å². The van der Waals surface area contributed by atoms with E-state index in [1.807, 2.05) is 16.8 Å².